The first-order valence-corrected chi connectivity index (χ1v) is 18.7. The first kappa shape index (κ1) is 34.8. The number of hydrogen-bond donors (Lipinski definition) is 2. The average molecular weight is 728 g/mol. The second-order valence-electron chi connectivity index (χ2n) is 13.5. The average Bonchev–Trinajstić information content (AvgIpc) is 3.73. The number of thiazole rings is 2. The van der Waals surface area contributed by atoms with Crippen molar-refractivity contribution in [1.29, 1.82) is 0 Å². The molecular formula is C37H40FN8O3S2+. The molecule has 2 aliphatic rings. The number of para-hydroxylation sites is 1. The van der Waals surface area contributed by atoms with Gasteiger partial charge in [-0.1, -0.05) is 35.3 Å². The number of carboxylic acid groups (broad SMARTS) is 1. The Morgan fingerprint density at radius 3 is 2.71 bits per heavy atom. The normalized spacial score (nSPS) is 15.6. The Labute approximate surface area is 304 Å². The van der Waals surface area contributed by atoms with Crippen LogP contribution in [-0.2, 0) is 12.8 Å². The first-order chi connectivity index (χ1) is 24.6. The lowest BCUT2D eigenvalue weighted by Crippen LogP contribution is -2.54. The van der Waals surface area contributed by atoms with Gasteiger partial charge in [0.05, 0.1) is 50.6 Å². The van der Waals surface area contributed by atoms with Crippen molar-refractivity contribution < 1.29 is 23.5 Å². The maximum atomic E-state index is 14.9. The van der Waals surface area contributed by atoms with E-state index in [-0.39, 0.29) is 18.1 Å². The summed E-state index contributed by atoms with van der Waals surface area (Å²) in [4.78, 5) is 26.3. The summed E-state index contributed by atoms with van der Waals surface area (Å²) in [6, 6.07) is 12.7. The highest BCUT2D eigenvalue weighted by Crippen LogP contribution is 2.39. The minimum absolute atomic E-state index is 0.0161. The van der Waals surface area contributed by atoms with E-state index in [0.29, 0.717) is 53.1 Å². The number of piperazine rings is 1. The van der Waals surface area contributed by atoms with E-state index >= 15 is 0 Å². The van der Waals surface area contributed by atoms with Crippen LogP contribution in [0.2, 0.25) is 0 Å². The van der Waals surface area contributed by atoms with Gasteiger partial charge in [0.15, 0.2) is 39.2 Å². The first-order valence-electron chi connectivity index (χ1n) is 17.1. The van der Waals surface area contributed by atoms with Crippen molar-refractivity contribution in [3.63, 3.8) is 0 Å². The summed E-state index contributed by atoms with van der Waals surface area (Å²) < 4.78 is 22.7. The third-order valence-corrected chi connectivity index (χ3v) is 11.4. The molecule has 264 valence electrons. The van der Waals surface area contributed by atoms with Crippen LogP contribution in [0.1, 0.15) is 44.9 Å². The fraction of sp³-hybridized carbons (Fsp3) is 0.378. The molecule has 0 spiro atoms. The number of aryl methyl sites for hydroxylation is 1. The molecule has 1 saturated heterocycles. The quantitative estimate of drug-likeness (QED) is 0.0969. The number of hydrogen-bond acceptors (Lipinski definition) is 11. The second-order valence-corrected chi connectivity index (χ2v) is 15.6. The third kappa shape index (κ3) is 7.97. The van der Waals surface area contributed by atoms with Crippen LogP contribution in [0.15, 0.2) is 42.5 Å². The summed E-state index contributed by atoms with van der Waals surface area (Å²) >= 11 is 2.89. The molecule has 0 bridgehead atoms. The molecule has 0 unspecified atom stereocenters. The highest BCUT2D eigenvalue weighted by atomic mass is 32.1. The van der Waals surface area contributed by atoms with E-state index < -0.39 is 11.8 Å². The smallest absolute Gasteiger partial charge is 0.355 e. The predicted octanol–water partition coefficient (Wildman–Crippen LogP) is 6.27. The number of carbonyl (C=O) groups is 1. The molecule has 0 aliphatic carbocycles. The molecule has 51 heavy (non-hydrogen) atoms. The lowest BCUT2D eigenvalue weighted by atomic mass is 10.0. The van der Waals surface area contributed by atoms with Gasteiger partial charge < -0.3 is 24.5 Å². The van der Waals surface area contributed by atoms with Gasteiger partial charge in [-0.3, -0.25) is 4.90 Å². The SMILES string of the molecule is Cc1c(Nc2nc3ccccc3s2)nnc2c1CCCN2c1nc(C(=O)O)c(CCCOc2ccc(C#CCN3CC[N+](C)(C)CC3)cc2F)s1. The number of halogens is 1. The van der Waals surface area contributed by atoms with E-state index in [1.165, 1.54) is 17.4 Å². The summed E-state index contributed by atoms with van der Waals surface area (Å²) in [5, 5.41) is 23.7. The maximum absolute atomic E-state index is 14.9. The van der Waals surface area contributed by atoms with Crippen molar-refractivity contribution in [3.8, 4) is 17.6 Å². The monoisotopic (exact) mass is 727 g/mol. The lowest BCUT2D eigenvalue weighted by molar-refractivity contribution is -0.894. The molecule has 7 rings (SSSR count). The van der Waals surface area contributed by atoms with Gasteiger partial charge in [-0.25, -0.2) is 19.2 Å². The van der Waals surface area contributed by atoms with Crippen LogP contribution < -0.4 is 15.0 Å². The fourth-order valence-corrected chi connectivity index (χ4v) is 8.26. The van der Waals surface area contributed by atoms with Gasteiger partial charge in [-0.15, -0.1) is 21.5 Å². The Bertz CT molecular complexity index is 2100. The number of fused-ring (bicyclic) bond motifs is 2. The molecule has 14 heteroatoms. The van der Waals surface area contributed by atoms with Crippen LogP contribution in [0, 0.1) is 24.6 Å². The topological polar surface area (TPSA) is 117 Å². The Kier molecular flexibility index (Phi) is 10.1. The number of quaternary nitrogens is 1. The second kappa shape index (κ2) is 14.9. The van der Waals surface area contributed by atoms with Crippen LogP contribution >= 0.6 is 22.7 Å². The fourth-order valence-electron chi connectivity index (χ4n) is 6.27. The zero-order valence-corrected chi connectivity index (χ0v) is 30.5. The number of nitrogens with one attached hydrogen (secondary N) is 1. The molecule has 5 heterocycles. The molecule has 11 nitrogen and oxygen atoms in total. The lowest BCUT2D eigenvalue weighted by Gasteiger charge is -2.38. The van der Waals surface area contributed by atoms with E-state index in [1.807, 2.05) is 36.1 Å². The Hall–Kier alpha value is -4.68. The van der Waals surface area contributed by atoms with Crippen LogP contribution in [0.4, 0.5) is 26.3 Å². The summed E-state index contributed by atoms with van der Waals surface area (Å²) in [5.41, 5.74) is 3.57. The molecule has 2 N–H and O–H groups in total. The minimum Gasteiger partial charge on any atom is -0.491 e. The number of anilines is 4. The van der Waals surface area contributed by atoms with Gasteiger partial charge in [0, 0.05) is 41.2 Å². The van der Waals surface area contributed by atoms with E-state index in [4.69, 9.17) is 4.74 Å². The van der Waals surface area contributed by atoms with Crippen LogP contribution in [-0.4, -0.2) is 101 Å². The van der Waals surface area contributed by atoms with Gasteiger partial charge in [0.1, 0.15) is 0 Å². The largest absolute Gasteiger partial charge is 0.491 e. The summed E-state index contributed by atoms with van der Waals surface area (Å²) in [7, 11) is 4.48. The number of aromatic nitrogens is 4. The van der Waals surface area contributed by atoms with Crippen molar-refractivity contribution in [2.75, 3.05) is 70.2 Å². The zero-order chi connectivity index (χ0) is 35.5. The van der Waals surface area contributed by atoms with Gasteiger partial charge in [-0.05, 0) is 62.9 Å². The van der Waals surface area contributed by atoms with E-state index in [1.54, 1.807) is 23.5 Å². The molecule has 0 atom stereocenters. The molecular weight excluding hydrogens is 688 g/mol. The number of carboxylic acids is 1. The van der Waals surface area contributed by atoms with E-state index in [2.05, 4.69) is 56.3 Å². The van der Waals surface area contributed by atoms with Gasteiger partial charge in [0.25, 0.3) is 0 Å². The summed E-state index contributed by atoms with van der Waals surface area (Å²) in [5.74, 6) is 6.17. The van der Waals surface area contributed by atoms with Gasteiger partial charge in [-0.2, -0.15) is 0 Å². The molecule has 2 aliphatic heterocycles. The highest BCUT2D eigenvalue weighted by molar-refractivity contribution is 7.22. The summed E-state index contributed by atoms with van der Waals surface area (Å²) in [6.45, 7) is 7.76. The van der Waals surface area contributed by atoms with Gasteiger partial charge in [0.2, 0.25) is 0 Å². The summed E-state index contributed by atoms with van der Waals surface area (Å²) in [6.07, 6.45) is 2.60. The molecule has 0 saturated carbocycles. The third-order valence-electron chi connectivity index (χ3n) is 9.34. The van der Waals surface area contributed by atoms with Crippen molar-refractivity contribution in [3.05, 3.63) is 75.5 Å². The molecule has 1 fully saturated rings. The van der Waals surface area contributed by atoms with Gasteiger partial charge >= 0.3 is 5.97 Å². The molecule has 2 aromatic carbocycles. The molecule has 5 aromatic rings. The van der Waals surface area contributed by atoms with Crippen molar-refractivity contribution in [2.45, 2.75) is 32.6 Å². The Balaban J connectivity index is 0.971. The predicted molar refractivity (Wildman–Crippen MR) is 199 cm³/mol. The maximum Gasteiger partial charge on any atom is 0.355 e. The van der Waals surface area contributed by atoms with Crippen molar-refractivity contribution in [2.24, 2.45) is 0 Å². The van der Waals surface area contributed by atoms with E-state index in [0.717, 1.165) is 70.0 Å². The Morgan fingerprint density at radius 1 is 1.10 bits per heavy atom. The van der Waals surface area contributed by atoms with Crippen LogP contribution in [0.3, 0.4) is 0 Å². The number of ether oxygens (including phenoxy) is 1. The van der Waals surface area contributed by atoms with E-state index in [9.17, 15) is 14.3 Å². The zero-order valence-electron chi connectivity index (χ0n) is 28.9. The number of benzene rings is 2. The number of rotatable bonds is 10. The number of likely N-dealkylation sites (N-methyl/N-ethyl adjacent to an activating group) is 1. The standard InChI is InChI=1S/C37H39FN8O3S2/c1-24-26-10-7-17-45(34(26)43-42-33(24)41-36-39-28-11-4-5-12-30(28)50-36)37-40-32(35(47)48)31(51-37)13-8-22-49-29-15-14-25(23-27(29)38)9-6-16-44-18-20-46(2,3)21-19-44/h4-5,11-12,14-15,23H,7-8,10,13,16-22H2,1-3H3,(H-,39,41,42,47,48)/p+1. The molecule has 0 radical (unpaired) electrons. The van der Waals surface area contributed by atoms with Crippen molar-refractivity contribution in [1.82, 2.24) is 25.1 Å². The number of nitrogens with zero attached hydrogens (tertiary/aromatic N) is 7. The van der Waals surface area contributed by atoms with Crippen LogP contribution in [0.25, 0.3) is 10.2 Å². The molecule has 0 amide bonds. The van der Waals surface area contributed by atoms with Crippen LogP contribution in [0.5, 0.6) is 5.75 Å². The molecule has 3 aromatic heterocycles. The Morgan fingerprint density at radius 2 is 1.92 bits per heavy atom. The minimum atomic E-state index is -1.09. The van der Waals surface area contributed by atoms with Crippen molar-refractivity contribution >= 4 is 60.8 Å². The number of aromatic carboxylic acids is 1. The highest BCUT2D eigenvalue weighted by Gasteiger charge is 2.29.